The van der Waals surface area contributed by atoms with Crippen LogP contribution in [-0.4, -0.2) is 17.7 Å². The molecular formula is C18H18O3. The molecule has 3 rings (SSSR count). The van der Waals surface area contributed by atoms with Crippen LogP contribution in [0.25, 0.3) is 0 Å². The Labute approximate surface area is 124 Å². The van der Waals surface area contributed by atoms with Crippen LogP contribution in [-0.2, 0) is 9.47 Å². The van der Waals surface area contributed by atoms with Gasteiger partial charge in [0.15, 0.2) is 17.7 Å². The summed E-state index contributed by atoms with van der Waals surface area (Å²) in [4.78, 5) is 12.7. The number of benzene rings is 2. The van der Waals surface area contributed by atoms with Crippen molar-refractivity contribution in [2.45, 2.75) is 31.8 Å². The maximum Gasteiger partial charge on any atom is 0.194 e. The van der Waals surface area contributed by atoms with E-state index >= 15 is 0 Å². The highest BCUT2D eigenvalue weighted by Gasteiger charge is 2.45. The van der Waals surface area contributed by atoms with Gasteiger partial charge in [0.2, 0.25) is 0 Å². The Bertz CT molecular complexity index is 619. The summed E-state index contributed by atoms with van der Waals surface area (Å²) in [6.45, 7) is 3.67. The molecule has 0 spiro atoms. The summed E-state index contributed by atoms with van der Waals surface area (Å²) in [5.74, 6) is -0.815. The number of carbonyl (C=O) groups is 1. The molecule has 2 aromatic carbocycles. The highest BCUT2D eigenvalue weighted by atomic mass is 16.8. The van der Waals surface area contributed by atoms with E-state index in [4.69, 9.17) is 9.47 Å². The van der Waals surface area contributed by atoms with Gasteiger partial charge in [0.25, 0.3) is 0 Å². The minimum atomic E-state index is -0.768. The largest absolute Gasteiger partial charge is 0.339 e. The average molecular weight is 282 g/mol. The van der Waals surface area contributed by atoms with Gasteiger partial charge >= 0.3 is 0 Å². The number of hydrogen-bond donors (Lipinski definition) is 0. The van der Waals surface area contributed by atoms with Crippen molar-refractivity contribution in [2.24, 2.45) is 0 Å². The molecule has 0 radical (unpaired) electrons. The lowest BCUT2D eigenvalue weighted by Gasteiger charge is -2.16. The van der Waals surface area contributed by atoms with Crippen molar-refractivity contribution in [1.29, 1.82) is 0 Å². The third-order valence-electron chi connectivity index (χ3n) is 3.54. The van der Waals surface area contributed by atoms with E-state index in [-0.39, 0.29) is 11.9 Å². The Morgan fingerprint density at radius 3 is 2.10 bits per heavy atom. The molecule has 0 N–H and O–H groups in total. The van der Waals surface area contributed by atoms with Crippen molar-refractivity contribution in [3.05, 3.63) is 71.8 Å². The van der Waals surface area contributed by atoms with Crippen molar-refractivity contribution in [2.75, 3.05) is 0 Å². The summed E-state index contributed by atoms with van der Waals surface area (Å²) in [5.41, 5.74) is 1.60. The Hall–Kier alpha value is -1.97. The van der Waals surface area contributed by atoms with Gasteiger partial charge in [-0.25, -0.2) is 0 Å². The van der Waals surface area contributed by atoms with Crippen LogP contribution in [0.1, 0.15) is 35.9 Å². The van der Waals surface area contributed by atoms with Gasteiger partial charge in [0.1, 0.15) is 6.10 Å². The Kier molecular flexibility index (Phi) is 3.62. The Morgan fingerprint density at radius 1 is 0.905 bits per heavy atom. The van der Waals surface area contributed by atoms with Crippen LogP contribution >= 0.6 is 0 Å². The lowest BCUT2D eigenvalue weighted by molar-refractivity contribution is -0.143. The monoisotopic (exact) mass is 282 g/mol. The first-order valence-electron chi connectivity index (χ1n) is 7.07. The minimum absolute atomic E-state index is 0.0463. The smallest absolute Gasteiger partial charge is 0.194 e. The maximum atomic E-state index is 12.7. The molecule has 3 heteroatoms. The molecule has 1 aliphatic rings. The topological polar surface area (TPSA) is 35.5 Å². The standard InChI is InChI=1S/C18H18O3/c1-18(2)20-16(14-11-7-4-8-12-14)17(21-18)15(19)13-9-5-3-6-10-13/h3-12,16-17H,1-2H3/t16-,17+/m1/s1. The second-order valence-electron chi connectivity index (χ2n) is 5.62. The summed E-state index contributed by atoms with van der Waals surface area (Å²) < 4.78 is 11.8. The molecule has 1 aliphatic heterocycles. The van der Waals surface area contributed by atoms with E-state index in [2.05, 4.69) is 0 Å². The highest BCUT2D eigenvalue weighted by molar-refractivity contribution is 6.00. The van der Waals surface area contributed by atoms with E-state index < -0.39 is 11.9 Å². The third kappa shape index (κ3) is 2.89. The molecule has 0 aromatic heterocycles. The van der Waals surface area contributed by atoms with E-state index in [1.807, 2.05) is 62.4 Å². The van der Waals surface area contributed by atoms with Crippen molar-refractivity contribution in [3.8, 4) is 0 Å². The van der Waals surface area contributed by atoms with Crippen LogP contribution in [0, 0.1) is 0 Å². The first-order chi connectivity index (χ1) is 10.1. The van der Waals surface area contributed by atoms with Crippen molar-refractivity contribution < 1.29 is 14.3 Å². The van der Waals surface area contributed by atoms with Crippen molar-refractivity contribution >= 4 is 5.78 Å². The van der Waals surface area contributed by atoms with Crippen LogP contribution < -0.4 is 0 Å². The second kappa shape index (κ2) is 5.43. The molecule has 0 amide bonds. The van der Waals surface area contributed by atoms with Crippen LogP contribution in [0.15, 0.2) is 60.7 Å². The molecule has 0 unspecified atom stereocenters. The van der Waals surface area contributed by atoms with E-state index in [1.54, 1.807) is 12.1 Å². The number of carbonyl (C=O) groups excluding carboxylic acids is 1. The van der Waals surface area contributed by atoms with Gasteiger partial charge in [-0.15, -0.1) is 0 Å². The number of Topliss-reactive ketones (excluding diaryl/α,β-unsaturated/α-hetero) is 1. The zero-order valence-electron chi connectivity index (χ0n) is 12.2. The van der Waals surface area contributed by atoms with Crippen LogP contribution in [0.2, 0.25) is 0 Å². The summed E-state index contributed by atoms with van der Waals surface area (Å²) in [6, 6.07) is 18.9. The van der Waals surface area contributed by atoms with Gasteiger partial charge in [-0.1, -0.05) is 60.7 Å². The summed E-state index contributed by atoms with van der Waals surface area (Å²) in [6.07, 6.45) is -1.00. The molecule has 2 aromatic rings. The zero-order valence-corrected chi connectivity index (χ0v) is 12.2. The highest BCUT2D eigenvalue weighted by Crippen LogP contribution is 2.39. The van der Waals surface area contributed by atoms with Crippen LogP contribution in [0.3, 0.4) is 0 Å². The zero-order chi connectivity index (χ0) is 14.9. The van der Waals surface area contributed by atoms with E-state index in [1.165, 1.54) is 0 Å². The number of ether oxygens (including phenoxy) is 2. The van der Waals surface area contributed by atoms with E-state index in [0.717, 1.165) is 5.56 Å². The van der Waals surface area contributed by atoms with E-state index in [0.29, 0.717) is 5.56 Å². The van der Waals surface area contributed by atoms with Gasteiger partial charge in [-0.2, -0.15) is 0 Å². The molecule has 1 fully saturated rings. The van der Waals surface area contributed by atoms with Crippen molar-refractivity contribution in [1.82, 2.24) is 0 Å². The van der Waals surface area contributed by atoms with Gasteiger partial charge in [0, 0.05) is 5.56 Å². The average Bonchev–Trinajstić information content (AvgIpc) is 2.84. The predicted octanol–water partition coefficient (Wildman–Crippen LogP) is 3.76. The SMILES string of the molecule is CC1(C)O[C@H](c2ccccc2)[C@H](C(=O)c2ccccc2)O1. The van der Waals surface area contributed by atoms with Gasteiger partial charge in [-0.05, 0) is 19.4 Å². The second-order valence-corrected chi connectivity index (χ2v) is 5.62. The molecule has 21 heavy (non-hydrogen) atoms. The fraction of sp³-hybridized carbons (Fsp3) is 0.278. The number of rotatable bonds is 3. The minimum Gasteiger partial charge on any atom is -0.339 e. The van der Waals surface area contributed by atoms with Crippen LogP contribution in [0.5, 0.6) is 0 Å². The summed E-state index contributed by atoms with van der Waals surface area (Å²) in [5, 5.41) is 0. The molecule has 3 nitrogen and oxygen atoms in total. The molecule has 0 aliphatic carbocycles. The third-order valence-corrected chi connectivity index (χ3v) is 3.54. The maximum absolute atomic E-state index is 12.7. The predicted molar refractivity (Wildman–Crippen MR) is 80.0 cm³/mol. The van der Waals surface area contributed by atoms with Crippen molar-refractivity contribution in [3.63, 3.8) is 0 Å². The quantitative estimate of drug-likeness (QED) is 0.804. The fourth-order valence-electron chi connectivity index (χ4n) is 2.61. The van der Waals surface area contributed by atoms with Gasteiger partial charge in [-0.3, -0.25) is 4.79 Å². The first kappa shape index (κ1) is 14.0. The number of ketones is 1. The summed E-state index contributed by atoms with van der Waals surface area (Å²) in [7, 11) is 0. The lowest BCUT2D eigenvalue weighted by atomic mass is 9.97. The normalized spacial score (nSPS) is 23.9. The molecule has 1 saturated heterocycles. The molecular weight excluding hydrogens is 264 g/mol. The number of hydrogen-bond acceptors (Lipinski definition) is 3. The summed E-state index contributed by atoms with van der Waals surface area (Å²) >= 11 is 0. The molecule has 0 bridgehead atoms. The molecule has 2 atom stereocenters. The van der Waals surface area contributed by atoms with Gasteiger partial charge in [0.05, 0.1) is 0 Å². The molecule has 1 heterocycles. The Balaban J connectivity index is 1.93. The first-order valence-corrected chi connectivity index (χ1v) is 7.07. The van der Waals surface area contributed by atoms with E-state index in [9.17, 15) is 4.79 Å². The fourth-order valence-corrected chi connectivity index (χ4v) is 2.61. The Morgan fingerprint density at radius 2 is 1.48 bits per heavy atom. The van der Waals surface area contributed by atoms with Crippen LogP contribution in [0.4, 0.5) is 0 Å². The lowest BCUT2D eigenvalue weighted by Crippen LogP contribution is -2.28. The molecule has 108 valence electrons. The molecule has 0 saturated carbocycles. The van der Waals surface area contributed by atoms with Gasteiger partial charge < -0.3 is 9.47 Å².